The zero-order valence-electron chi connectivity index (χ0n) is 20.2. The van der Waals surface area contributed by atoms with E-state index in [0.29, 0.717) is 61.8 Å². The topological polar surface area (TPSA) is 90.0 Å². The Balaban J connectivity index is 1.39. The van der Waals surface area contributed by atoms with Crippen LogP contribution in [-0.2, 0) is 22.6 Å². The molecule has 4 bridgehead atoms. The summed E-state index contributed by atoms with van der Waals surface area (Å²) in [5.41, 5.74) is 2.51. The summed E-state index contributed by atoms with van der Waals surface area (Å²) in [4.78, 5) is 31.8. The Hall–Kier alpha value is -3.91. The molecule has 1 fully saturated rings. The molecule has 2 aromatic carbocycles. The summed E-state index contributed by atoms with van der Waals surface area (Å²) >= 11 is 0. The maximum absolute atomic E-state index is 13.0. The van der Waals surface area contributed by atoms with Gasteiger partial charge in [-0.25, -0.2) is 0 Å². The molecule has 3 heterocycles. The number of ether oxygens (including phenoxy) is 3. The summed E-state index contributed by atoms with van der Waals surface area (Å²) in [6.45, 7) is 1.30. The molecule has 0 saturated carbocycles. The number of amides is 2. The van der Waals surface area contributed by atoms with Crippen molar-refractivity contribution in [3.05, 3.63) is 83.7 Å². The van der Waals surface area contributed by atoms with Crippen LogP contribution in [0.4, 0.5) is 0 Å². The van der Waals surface area contributed by atoms with Crippen molar-refractivity contribution in [1.29, 1.82) is 0 Å². The number of methoxy groups -OCH3 is 1. The molecule has 8 nitrogen and oxygen atoms in total. The third kappa shape index (κ3) is 5.49. The zero-order chi connectivity index (χ0) is 24.9. The van der Waals surface area contributed by atoms with Crippen LogP contribution in [0, 0.1) is 0 Å². The number of fused-ring (bicyclic) bond motifs is 5. The molecular weight excluding hydrogens is 458 g/mol. The van der Waals surface area contributed by atoms with E-state index >= 15 is 0 Å². The number of nitrogens with zero attached hydrogens (tertiary/aromatic N) is 2. The van der Waals surface area contributed by atoms with Gasteiger partial charge in [0.15, 0.2) is 11.5 Å². The van der Waals surface area contributed by atoms with Crippen LogP contribution in [0.2, 0.25) is 0 Å². The molecule has 2 aliphatic heterocycles. The van der Waals surface area contributed by atoms with Gasteiger partial charge in [-0.3, -0.25) is 14.6 Å². The number of carbonyl (C=O) groups excluding carboxylic acids is 2. The fourth-order valence-electron chi connectivity index (χ4n) is 4.65. The van der Waals surface area contributed by atoms with Crippen LogP contribution in [0.15, 0.2) is 67.0 Å². The summed E-state index contributed by atoms with van der Waals surface area (Å²) < 4.78 is 17.9. The largest absolute Gasteiger partial charge is 0.493 e. The first-order chi connectivity index (χ1) is 17.6. The molecule has 1 aromatic heterocycles. The van der Waals surface area contributed by atoms with Crippen molar-refractivity contribution < 1.29 is 23.8 Å². The van der Waals surface area contributed by atoms with Crippen LogP contribution in [-0.4, -0.2) is 54.0 Å². The molecule has 36 heavy (non-hydrogen) atoms. The molecule has 2 atom stereocenters. The third-order valence-electron chi connectivity index (χ3n) is 6.57. The van der Waals surface area contributed by atoms with E-state index in [1.54, 1.807) is 36.5 Å². The van der Waals surface area contributed by atoms with E-state index in [-0.39, 0.29) is 24.0 Å². The number of hydrogen-bond acceptors (Lipinski definition) is 6. The summed E-state index contributed by atoms with van der Waals surface area (Å²) in [6, 6.07) is 16.6. The lowest BCUT2D eigenvalue weighted by Crippen LogP contribution is -2.57. The number of carbonyl (C=O) groups is 2. The number of rotatable bonds is 2. The number of piperidine rings is 1. The van der Waals surface area contributed by atoms with Crippen LogP contribution in [0.25, 0.3) is 0 Å². The van der Waals surface area contributed by atoms with Gasteiger partial charge in [0.2, 0.25) is 5.91 Å². The summed E-state index contributed by atoms with van der Waals surface area (Å²) in [5.74, 6) is 1.75. The van der Waals surface area contributed by atoms with Crippen molar-refractivity contribution in [1.82, 2.24) is 15.2 Å². The Labute approximate surface area is 210 Å². The van der Waals surface area contributed by atoms with E-state index < -0.39 is 0 Å². The molecule has 186 valence electrons. The molecule has 0 unspecified atom stereocenters. The van der Waals surface area contributed by atoms with Crippen LogP contribution < -0.4 is 14.8 Å². The van der Waals surface area contributed by atoms with Crippen molar-refractivity contribution in [2.45, 2.75) is 38.0 Å². The van der Waals surface area contributed by atoms with Gasteiger partial charge >= 0.3 is 0 Å². The van der Waals surface area contributed by atoms with Crippen molar-refractivity contribution >= 4 is 11.8 Å². The average molecular weight is 488 g/mol. The maximum Gasteiger partial charge on any atom is 0.254 e. The van der Waals surface area contributed by atoms with E-state index in [9.17, 15) is 9.59 Å². The minimum Gasteiger partial charge on any atom is -0.493 e. The van der Waals surface area contributed by atoms with Gasteiger partial charge in [-0.2, -0.15) is 0 Å². The Morgan fingerprint density at radius 2 is 1.94 bits per heavy atom. The van der Waals surface area contributed by atoms with E-state index in [4.69, 9.17) is 14.2 Å². The summed E-state index contributed by atoms with van der Waals surface area (Å²) in [7, 11) is 1.60. The number of hydrogen-bond donors (Lipinski definition) is 1. The van der Waals surface area contributed by atoms with E-state index in [1.165, 1.54) is 0 Å². The standard InChI is InChI=1S/C28H29N3O5/c1-34-25-7-5-19-6-8-27(32)30-23-17-31(28(33)21-9-12-29-13-10-21)14-11-24(23)35-18-20-3-2-4-22(15-20)36-26(25)16-19/h2-5,7,9-10,12-13,15-16,23-24H,6,8,11,14,17-18H2,1H3,(H,30,32)/t23-,24+/m0/s1. The Bertz CT molecular complexity index is 1230. The molecule has 0 spiro atoms. The highest BCUT2D eigenvalue weighted by molar-refractivity contribution is 5.94. The smallest absolute Gasteiger partial charge is 0.254 e. The van der Waals surface area contributed by atoms with Crippen molar-refractivity contribution in [2.75, 3.05) is 20.2 Å². The predicted octanol–water partition coefficient (Wildman–Crippen LogP) is 3.74. The molecule has 8 heteroatoms. The first-order valence-electron chi connectivity index (χ1n) is 12.1. The first-order valence-corrected chi connectivity index (χ1v) is 12.1. The average Bonchev–Trinajstić information content (AvgIpc) is 2.91. The van der Waals surface area contributed by atoms with Crippen molar-refractivity contribution in [3.8, 4) is 17.2 Å². The molecule has 0 radical (unpaired) electrons. The highest BCUT2D eigenvalue weighted by atomic mass is 16.5. The monoisotopic (exact) mass is 487 g/mol. The summed E-state index contributed by atoms with van der Waals surface area (Å²) in [6.07, 6.45) is 4.47. The van der Waals surface area contributed by atoms with Gasteiger partial charge in [-0.05, 0) is 60.4 Å². The lowest BCUT2D eigenvalue weighted by Gasteiger charge is -2.39. The van der Waals surface area contributed by atoms with Gasteiger partial charge in [0.05, 0.1) is 25.9 Å². The Kier molecular flexibility index (Phi) is 7.13. The van der Waals surface area contributed by atoms with Gasteiger partial charge in [-0.1, -0.05) is 18.2 Å². The van der Waals surface area contributed by atoms with Crippen molar-refractivity contribution in [3.63, 3.8) is 0 Å². The lowest BCUT2D eigenvalue weighted by atomic mass is 10.00. The van der Waals surface area contributed by atoms with Crippen molar-refractivity contribution in [2.24, 2.45) is 0 Å². The third-order valence-corrected chi connectivity index (χ3v) is 6.57. The molecule has 5 rings (SSSR count). The second-order valence-corrected chi connectivity index (χ2v) is 9.03. The number of benzene rings is 2. The number of pyridine rings is 1. The molecule has 3 aromatic rings. The van der Waals surface area contributed by atoms with Gasteiger partial charge < -0.3 is 24.4 Å². The number of aryl methyl sites for hydroxylation is 1. The van der Waals surface area contributed by atoms with E-state index in [1.807, 2.05) is 42.5 Å². The molecule has 2 amide bonds. The van der Waals surface area contributed by atoms with E-state index in [2.05, 4.69) is 10.3 Å². The molecule has 1 saturated heterocycles. The van der Waals surface area contributed by atoms with Gasteiger partial charge in [-0.15, -0.1) is 0 Å². The van der Waals surface area contributed by atoms with Gasteiger partial charge in [0.1, 0.15) is 5.75 Å². The predicted molar refractivity (Wildman–Crippen MR) is 133 cm³/mol. The first kappa shape index (κ1) is 23.8. The van der Waals surface area contributed by atoms with Gasteiger partial charge in [0.25, 0.3) is 5.91 Å². The minimum absolute atomic E-state index is 0.0726. The molecule has 1 N–H and O–H groups in total. The highest BCUT2D eigenvalue weighted by Gasteiger charge is 2.33. The zero-order valence-corrected chi connectivity index (χ0v) is 20.2. The molecule has 2 aliphatic rings. The van der Waals surface area contributed by atoms with Crippen LogP contribution in [0.5, 0.6) is 17.2 Å². The number of nitrogens with one attached hydrogen (secondary N) is 1. The molecular formula is C28H29N3O5. The Morgan fingerprint density at radius 1 is 1.08 bits per heavy atom. The fraction of sp³-hybridized carbons (Fsp3) is 0.321. The number of aromatic nitrogens is 1. The maximum atomic E-state index is 13.0. The lowest BCUT2D eigenvalue weighted by molar-refractivity contribution is -0.124. The summed E-state index contributed by atoms with van der Waals surface area (Å²) in [5, 5.41) is 3.14. The SMILES string of the molecule is COc1ccc2cc1Oc1cccc(c1)CO[C@@H]1CCN(C(=O)c3ccncc3)C[C@@H]1NC(=O)CC2. The minimum atomic E-state index is -0.312. The molecule has 0 aliphatic carbocycles. The second kappa shape index (κ2) is 10.8. The fourth-order valence-corrected chi connectivity index (χ4v) is 4.65. The quantitative estimate of drug-likeness (QED) is 0.592. The number of likely N-dealkylation sites (tertiary alicyclic amines) is 1. The van der Waals surface area contributed by atoms with Gasteiger partial charge in [0, 0.05) is 37.5 Å². The van der Waals surface area contributed by atoms with Crippen LogP contribution in [0.3, 0.4) is 0 Å². The normalized spacial score (nSPS) is 20.1. The van der Waals surface area contributed by atoms with E-state index in [0.717, 1.165) is 11.1 Å². The Morgan fingerprint density at radius 3 is 2.78 bits per heavy atom. The van der Waals surface area contributed by atoms with Crippen LogP contribution in [0.1, 0.15) is 34.3 Å². The highest BCUT2D eigenvalue weighted by Crippen LogP contribution is 2.33. The second-order valence-electron chi connectivity index (χ2n) is 9.03. The van der Waals surface area contributed by atoms with Crippen LogP contribution >= 0.6 is 0 Å².